The molecule has 9 rings (SSSR count). The van der Waals surface area contributed by atoms with E-state index in [1.807, 2.05) is 30.7 Å². The van der Waals surface area contributed by atoms with Crippen molar-refractivity contribution in [1.82, 2.24) is 29.7 Å². The summed E-state index contributed by atoms with van der Waals surface area (Å²) in [6.45, 7) is 8.25. The third kappa shape index (κ3) is 7.68. The van der Waals surface area contributed by atoms with Crippen LogP contribution in [0.3, 0.4) is 0 Å². The van der Waals surface area contributed by atoms with Crippen molar-refractivity contribution < 1.29 is 33.4 Å². The Balaban J connectivity index is 0.626. The monoisotopic (exact) mass is 799 g/mol. The van der Waals surface area contributed by atoms with Crippen LogP contribution < -0.4 is 15.0 Å². The Kier molecular flexibility index (Phi) is 10.6. The summed E-state index contributed by atoms with van der Waals surface area (Å²) >= 11 is 0. The van der Waals surface area contributed by atoms with Gasteiger partial charge in [0.15, 0.2) is 0 Å². The number of aryl methyl sites for hydroxylation is 1. The van der Waals surface area contributed by atoms with Crippen LogP contribution in [0.15, 0.2) is 73.2 Å². The van der Waals surface area contributed by atoms with Crippen LogP contribution in [0.4, 0.5) is 5.69 Å². The van der Waals surface area contributed by atoms with E-state index in [0.29, 0.717) is 61.7 Å². The highest BCUT2D eigenvalue weighted by Gasteiger charge is 2.53. The van der Waals surface area contributed by atoms with Crippen LogP contribution >= 0.6 is 0 Å². The Morgan fingerprint density at radius 3 is 2.53 bits per heavy atom. The van der Waals surface area contributed by atoms with Crippen molar-refractivity contribution in [1.29, 1.82) is 0 Å². The number of benzene rings is 2. The number of rotatable bonds is 17. The number of fused-ring (bicyclic) bond motifs is 4. The minimum atomic E-state index is -0.475. The molecule has 306 valence electrons. The predicted molar refractivity (Wildman–Crippen MR) is 221 cm³/mol. The van der Waals surface area contributed by atoms with Crippen LogP contribution in [0.2, 0.25) is 0 Å². The van der Waals surface area contributed by atoms with Crippen molar-refractivity contribution >= 4 is 51.6 Å². The number of amides is 4. The predicted octanol–water partition coefficient (Wildman–Crippen LogP) is 4.98. The van der Waals surface area contributed by atoms with Crippen LogP contribution in [0, 0.1) is 5.41 Å². The number of aromatic nitrogens is 3. The average molecular weight is 800 g/mol. The smallest absolute Gasteiger partial charge is 0.261 e. The zero-order valence-electron chi connectivity index (χ0n) is 33.5. The van der Waals surface area contributed by atoms with Crippen LogP contribution in [-0.4, -0.2) is 119 Å². The van der Waals surface area contributed by atoms with Gasteiger partial charge in [0.1, 0.15) is 6.10 Å². The Hall–Kier alpha value is -5.70. The first-order chi connectivity index (χ1) is 28.7. The highest BCUT2D eigenvalue weighted by Crippen LogP contribution is 2.49. The number of nitrogens with one attached hydrogen (secondary N) is 1. The molecule has 14 heteroatoms. The fraction of sp³-hybridized carbons (Fsp3) is 0.422. The third-order valence-electron chi connectivity index (χ3n) is 12.5. The van der Waals surface area contributed by atoms with E-state index in [-0.39, 0.29) is 36.9 Å². The van der Waals surface area contributed by atoms with Gasteiger partial charge in [-0.3, -0.25) is 39.3 Å². The lowest BCUT2D eigenvalue weighted by atomic mass is 9.62. The third-order valence-corrected chi connectivity index (χ3v) is 12.5. The van der Waals surface area contributed by atoms with Crippen LogP contribution in [0.1, 0.15) is 59.7 Å². The Morgan fingerprint density at radius 1 is 0.915 bits per heavy atom. The molecule has 4 aliphatic rings. The molecule has 3 aromatic heterocycles. The molecule has 2 aromatic carbocycles. The van der Waals surface area contributed by atoms with E-state index in [4.69, 9.17) is 14.2 Å². The summed E-state index contributed by atoms with van der Waals surface area (Å²) in [5, 5.41) is 4.44. The molecule has 1 N–H and O–H groups in total. The van der Waals surface area contributed by atoms with Gasteiger partial charge >= 0.3 is 0 Å². The normalized spacial score (nSPS) is 18.2. The highest BCUT2D eigenvalue weighted by atomic mass is 16.5. The van der Waals surface area contributed by atoms with E-state index in [2.05, 4.69) is 67.0 Å². The number of anilines is 1. The van der Waals surface area contributed by atoms with Gasteiger partial charge in [0, 0.05) is 123 Å². The highest BCUT2D eigenvalue weighted by molar-refractivity contribution is 6.22. The van der Waals surface area contributed by atoms with Gasteiger partial charge < -0.3 is 23.7 Å². The second-order valence-electron chi connectivity index (χ2n) is 16.6. The van der Waals surface area contributed by atoms with E-state index < -0.39 is 11.9 Å². The number of pyridine rings is 2. The summed E-state index contributed by atoms with van der Waals surface area (Å²) in [5.74, 6) is -0.482. The summed E-state index contributed by atoms with van der Waals surface area (Å²) in [7, 11) is 2.09. The molecule has 1 unspecified atom stereocenters. The largest absolute Gasteiger partial charge is 0.474 e. The van der Waals surface area contributed by atoms with Gasteiger partial charge in [0.2, 0.25) is 18.2 Å². The lowest BCUT2D eigenvalue weighted by Crippen LogP contribution is -2.64. The molecular formula is C45H49N7O7. The molecule has 3 fully saturated rings. The summed E-state index contributed by atoms with van der Waals surface area (Å²) < 4.78 is 20.5. The fourth-order valence-electron chi connectivity index (χ4n) is 9.25. The fourth-order valence-corrected chi connectivity index (χ4v) is 9.25. The van der Waals surface area contributed by atoms with Gasteiger partial charge in [0.05, 0.1) is 29.4 Å². The van der Waals surface area contributed by atoms with Crippen molar-refractivity contribution in [2.45, 2.75) is 57.3 Å². The number of hydrogen-bond donors (Lipinski definition) is 1. The molecule has 3 aliphatic heterocycles. The average Bonchev–Trinajstić information content (AvgIpc) is 3.63. The number of likely N-dealkylation sites (tertiary alicyclic amines) is 1. The topological polar surface area (TPSA) is 148 Å². The number of carbonyl (C=O) groups is 4. The summed E-state index contributed by atoms with van der Waals surface area (Å²) in [4.78, 5) is 63.0. The van der Waals surface area contributed by atoms with E-state index in [1.54, 1.807) is 19.1 Å². The molecule has 1 spiro atoms. The second-order valence-corrected chi connectivity index (χ2v) is 16.6. The molecule has 6 heterocycles. The van der Waals surface area contributed by atoms with E-state index in [1.165, 1.54) is 21.3 Å². The number of nitrogens with zero attached hydrogens (tertiary/aromatic N) is 6. The molecule has 1 atom stereocenters. The maximum Gasteiger partial charge on any atom is 0.261 e. The van der Waals surface area contributed by atoms with Crippen molar-refractivity contribution in [2.75, 3.05) is 57.4 Å². The molecule has 1 saturated carbocycles. The lowest BCUT2D eigenvalue weighted by molar-refractivity contribution is -0.125. The Bertz CT molecular complexity index is 2400. The van der Waals surface area contributed by atoms with Crippen molar-refractivity contribution in [3.8, 4) is 17.0 Å². The van der Waals surface area contributed by atoms with E-state index in [9.17, 15) is 19.2 Å². The van der Waals surface area contributed by atoms with Crippen molar-refractivity contribution in [3.05, 3.63) is 84.3 Å². The van der Waals surface area contributed by atoms with Gasteiger partial charge in [-0.15, -0.1) is 0 Å². The Labute approximate surface area is 342 Å². The van der Waals surface area contributed by atoms with Crippen LogP contribution in [0.25, 0.3) is 32.9 Å². The lowest BCUT2D eigenvalue weighted by Gasteiger charge is -2.58. The van der Waals surface area contributed by atoms with Gasteiger partial charge in [0.25, 0.3) is 11.8 Å². The minimum absolute atomic E-state index is 0.0407. The number of hydrogen-bond acceptors (Lipinski definition) is 11. The van der Waals surface area contributed by atoms with Gasteiger partial charge in [-0.2, -0.15) is 0 Å². The summed E-state index contributed by atoms with van der Waals surface area (Å²) in [6, 6.07) is 17.5. The number of imide groups is 2. The van der Waals surface area contributed by atoms with Crippen LogP contribution in [-0.2, 0) is 26.1 Å². The summed E-state index contributed by atoms with van der Waals surface area (Å²) in [6.07, 6.45) is 9.57. The second kappa shape index (κ2) is 16.2. The first-order valence-electron chi connectivity index (χ1n) is 20.6. The van der Waals surface area contributed by atoms with E-state index in [0.717, 1.165) is 61.1 Å². The first kappa shape index (κ1) is 38.8. The van der Waals surface area contributed by atoms with Gasteiger partial charge in [-0.25, -0.2) is 4.98 Å². The summed E-state index contributed by atoms with van der Waals surface area (Å²) in [5.41, 5.74) is 6.52. The number of carbonyl (C=O) groups excluding carboxylic acids is 4. The van der Waals surface area contributed by atoms with Gasteiger partial charge in [-0.1, -0.05) is 12.1 Å². The molecular weight excluding hydrogens is 751 g/mol. The molecule has 14 nitrogen and oxygen atoms in total. The first-order valence-corrected chi connectivity index (χ1v) is 20.6. The molecule has 59 heavy (non-hydrogen) atoms. The minimum Gasteiger partial charge on any atom is -0.474 e. The maximum atomic E-state index is 13.2. The van der Waals surface area contributed by atoms with Crippen molar-refractivity contribution in [3.63, 3.8) is 0 Å². The van der Waals surface area contributed by atoms with Crippen molar-refractivity contribution in [2.24, 2.45) is 12.5 Å². The molecule has 0 bridgehead atoms. The molecule has 4 amide bonds. The maximum absolute atomic E-state index is 13.2. The standard InChI is InChI=1S/C45H49N7O7/c1-29(4-10-41(54)48-28-53)52-43(55)36-9-7-32(19-37(36)44(52)56)51-24-34(25-51)58-16-3-15-57-17-14-50-26-45(27-50)20-33(21-45)59-42-11-6-31(22-47-42)30-5-8-35-38-23-46-13-12-39(38)49(2)40(35)18-30/h5-9,11-13,18-19,22-23,28-29,33-34H,3-4,10,14-17,20-21,24-27H2,1-2H3,(H,48,53,54). The zero-order valence-corrected chi connectivity index (χ0v) is 33.5. The quantitative estimate of drug-likeness (QED) is 0.0772. The molecule has 5 aromatic rings. The SMILES string of the molecule is CC(CCC(=O)NC=O)N1C(=O)c2ccc(N3CC(OCCCOCCN4CC5(CC(Oc6ccc(-c7ccc8c9cnccc9n(C)c8c7)cn6)C5)C4)C3)cc2C1=O. The number of ether oxygens (including phenoxy) is 3. The van der Waals surface area contributed by atoms with Crippen LogP contribution in [0.5, 0.6) is 5.88 Å². The molecule has 1 aliphatic carbocycles. The zero-order chi connectivity index (χ0) is 40.7. The van der Waals surface area contributed by atoms with E-state index >= 15 is 0 Å². The van der Waals surface area contributed by atoms with Gasteiger partial charge in [-0.05, 0) is 74.6 Å². The molecule has 0 radical (unpaired) electrons. The molecule has 2 saturated heterocycles. The Morgan fingerprint density at radius 2 is 1.73 bits per heavy atom.